The SMILES string of the molecule is C[C@]1(O)C[CH]C[C@@]2(CC(C(N)=O)N(c3cc(F)cc(F)c3)C2=O)C1. The van der Waals surface area contributed by atoms with Crippen LogP contribution in [0.3, 0.4) is 0 Å². The first-order valence-electron chi connectivity index (χ1n) is 7.77. The highest BCUT2D eigenvalue weighted by Crippen LogP contribution is 2.51. The minimum atomic E-state index is -1.07. The highest BCUT2D eigenvalue weighted by Gasteiger charge is 2.57. The van der Waals surface area contributed by atoms with Gasteiger partial charge < -0.3 is 10.8 Å². The third-order valence-electron chi connectivity index (χ3n) is 4.86. The van der Waals surface area contributed by atoms with Crippen molar-refractivity contribution >= 4 is 17.5 Å². The lowest BCUT2D eigenvalue weighted by Gasteiger charge is -2.39. The van der Waals surface area contributed by atoms with Crippen LogP contribution in [0, 0.1) is 23.5 Å². The van der Waals surface area contributed by atoms with Gasteiger partial charge in [-0.05, 0) is 51.2 Å². The Kier molecular flexibility index (Phi) is 3.86. The van der Waals surface area contributed by atoms with E-state index in [1.165, 1.54) is 0 Å². The fourth-order valence-electron chi connectivity index (χ4n) is 4.00. The van der Waals surface area contributed by atoms with E-state index in [9.17, 15) is 23.5 Å². The topological polar surface area (TPSA) is 83.6 Å². The predicted octanol–water partition coefficient (Wildman–Crippen LogP) is 1.68. The van der Waals surface area contributed by atoms with E-state index in [0.29, 0.717) is 18.9 Å². The molecule has 2 aliphatic rings. The minimum Gasteiger partial charge on any atom is -0.390 e. The second kappa shape index (κ2) is 5.51. The van der Waals surface area contributed by atoms with Crippen LogP contribution in [0.4, 0.5) is 14.5 Å². The van der Waals surface area contributed by atoms with Crippen LogP contribution in [0.15, 0.2) is 18.2 Å². The molecule has 5 nitrogen and oxygen atoms in total. The maximum Gasteiger partial charge on any atom is 0.240 e. The summed E-state index contributed by atoms with van der Waals surface area (Å²) in [4.78, 5) is 26.0. The van der Waals surface area contributed by atoms with Gasteiger partial charge in [0.2, 0.25) is 11.8 Å². The van der Waals surface area contributed by atoms with Gasteiger partial charge >= 0.3 is 0 Å². The van der Waals surface area contributed by atoms with E-state index < -0.39 is 40.5 Å². The molecule has 3 rings (SSSR count). The summed E-state index contributed by atoms with van der Waals surface area (Å²) in [5.74, 6) is -2.86. The van der Waals surface area contributed by atoms with Gasteiger partial charge in [0.1, 0.15) is 17.7 Å². The molecule has 129 valence electrons. The Morgan fingerprint density at radius 3 is 2.46 bits per heavy atom. The van der Waals surface area contributed by atoms with E-state index >= 15 is 0 Å². The van der Waals surface area contributed by atoms with Crippen molar-refractivity contribution in [2.75, 3.05) is 4.90 Å². The molecule has 1 spiro atoms. The Morgan fingerprint density at radius 1 is 1.29 bits per heavy atom. The number of nitrogens with two attached hydrogens (primary N) is 1. The molecule has 1 aromatic rings. The number of carbonyl (C=O) groups excluding carboxylic acids is 2. The highest BCUT2D eigenvalue weighted by molar-refractivity contribution is 6.07. The number of aliphatic hydroxyl groups is 1. The molecule has 24 heavy (non-hydrogen) atoms. The standard InChI is InChI=1S/C17H19F2N2O3/c1-16(24)3-2-4-17(9-16)8-13(14(20)22)21(15(17)23)12-6-10(18)5-11(19)7-12/h2,5-7,13,24H,3-4,8-9H2,1H3,(H2,20,22)/t13?,16-,17+/m0/s1. The van der Waals surface area contributed by atoms with E-state index in [0.717, 1.165) is 17.0 Å². The van der Waals surface area contributed by atoms with Crippen LogP contribution in [0.2, 0.25) is 0 Å². The molecule has 2 fully saturated rings. The Balaban J connectivity index is 2.04. The zero-order chi connectivity index (χ0) is 17.7. The number of amides is 2. The summed E-state index contributed by atoms with van der Waals surface area (Å²) < 4.78 is 27.1. The van der Waals surface area contributed by atoms with Crippen LogP contribution in [0.5, 0.6) is 0 Å². The molecular weight excluding hydrogens is 318 g/mol. The third-order valence-corrected chi connectivity index (χ3v) is 4.86. The van der Waals surface area contributed by atoms with Crippen molar-refractivity contribution in [2.24, 2.45) is 11.1 Å². The number of nitrogens with zero attached hydrogens (tertiary/aromatic N) is 1. The monoisotopic (exact) mass is 337 g/mol. The van der Waals surface area contributed by atoms with Crippen molar-refractivity contribution in [3.63, 3.8) is 0 Å². The van der Waals surface area contributed by atoms with E-state index in [-0.39, 0.29) is 18.5 Å². The Bertz CT molecular complexity index is 687. The minimum absolute atomic E-state index is 0.0385. The Morgan fingerprint density at radius 2 is 1.92 bits per heavy atom. The van der Waals surface area contributed by atoms with Gasteiger partial charge in [-0.2, -0.15) is 0 Å². The van der Waals surface area contributed by atoms with Crippen molar-refractivity contribution in [3.05, 3.63) is 36.3 Å². The van der Waals surface area contributed by atoms with Crippen molar-refractivity contribution in [3.8, 4) is 0 Å². The first-order chi connectivity index (χ1) is 11.1. The van der Waals surface area contributed by atoms with Crippen LogP contribution in [0.25, 0.3) is 0 Å². The van der Waals surface area contributed by atoms with Gasteiger partial charge in [-0.15, -0.1) is 0 Å². The zero-order valence-electron chi connectivity index (χ0n) is 13.3. The van der Waals surface area contributed by atoms with E-state index in [1.54, 1.807) is 6.92 Å². The summed E-state index contributed by atoms with van der Waals surface area (Å²) in [6.45, 7) is 1.63. The summed E-state index contributed by atoms with van der Waals surface area (Å²) in [5.41, 5.74) is 3.34. The van der Waals surface area contributed by atoms with Gasteiger partial charge in [0.15, 0.2) is 0 Å². The van der Waals surface area contributed by atoms with Crippen LogP contribution >= 0.6 is 0 Å². The average Bonchev–Trinajstić information content (AvgIpc) is 2.70. The van der Waals surface area contributed by atoms with Gasteiger partial charge in [0.25, 0.3) is 0 Å². The van der Waals surface area contributed by atoms with E-state index in [4.69, 9.17) is 5.73 Å². The average molecular weight is 337 g/mol. The van der Waals surface area contributed by atoms with Crippen molar-refractivity contribution in [1.29, 1.82) is 0 Å². The summed E-state index contributed by atoms with van der Waals surface area (Å²) in [5, 5.41) is 10.3. The molecule has 0 aromatic heterocycles. The van der Waals surface area contributed by atoms with Crippen LogP contribution in [-0.4, -0.2) is 28.6 Å². The molecule has 3 N–H and O–H groups in total. The summed E-state index contributed by atoms with van der Waals surface area (Å²) >= 11 is 0. The molecule has 1 radical (unpaired) electrons. The number of hydrogen-bond donors (Lipinski definition) is 2. The molecule has 1 aromatic carbocycles. The molecule has 1 unspecified atom stereocenters. The maximum absolute atomic E-state index is 13.6. The number of carbonyl (C=O) groups is 2. The van der Waals surface area contributed by atoms with Gasteiger partial charge in [-0.3, -0.25) is 14.5 Å². The summed E-state index contributed by atoms with van der Waals surface area (Å²) in [6.07, 6.45) is 2.94. The molecule has 1 aliphatic carbocycles. The van der Waals surface area contributed by atoms with Crippen LogP contribution in [-0.2, 0) is 9.59 Å². The highest BCUT2D eigenvalue weighted by atomic mass is 19.1. The molecule has 2 amide bonds. The molecule has 1 heterocycles. The number of anilines is 1. The molecule has 3 atom stereocenters. The number of hydrogen-bond acceptors (Lipinski definition) is 3. The number of benzene rings is 1. The smallest absolute Gasteiger partial charge is 0.240 e. The molecule has 7 heteroatoms. The third kappa shape index (κ3) is 2.77. The van der Waals surface area contributed by atoms with Crippen molar-refractivity contribution in [1.82, 2.24) is 0 Å². The predicted molar refractivity (Wildman–Crippen MR) is 82.7 cm³/mol. The van der Waals surface area contributed by atoms with Crippen molar-refractivity contribution < 1.29 is 23.5 Å². The fourth-order valence-corrected chi connectivity index (χ4v) is 4.00. The number of rotatable bonds is 2. The lowest BCUT2D eigenvalue weighted by atomic mass is 9.66. The maximum atomic E-state index is 13.6. The lowest BCUT2D eigenvalue weighted by Crippen LogP contribution is -2.45. The Labute approximate surface area is 138 Å². The first-order valence-corrected chi connectivity index (χ1v) is 7.77. The van der Waals surface area contributed by atoms with Gasteiger partial charge in [-0.1, -0.05) is 0 Å². The zero-order valence-corrected chi connectivity index (χ0v) is 13.3. The van der Waals surface area contributed by atoms with Gasteiger partial charge in [0, 0.05) is 6.07 Å². The molecule has 0 bridgehead atoms. The molecule has 1 saturated carbocycles. The fraction of sp³-hybridized carbons (Fsp3) is 0.471. The van der Waals surface area contributed by atoms with Gasteiger partial charge in [0.05, 0.1) is 16.7 Å². The number of primary amides is 1. The second-order valence-corrected chi connectivity index (χ2v) is 7.08. The second-order valence-electron chi connectivity index (χ2n) is 7.08. The first kappa shape index (κ1) is 16.8. The van der Waals surface area contributed by atoms with Crippen LogP contribution in [0.1, 0.15) is 32.6 Å². The van der Waals surface area contributed by atoms with Crippen molar-refractivity contribution in [2.45, 2.75) is 44.2 Å². The molecule has 1 saturated heterocycles. The Hall–Kier alpha value is -2.02. The quantitative estimate of drug-likeness (QED) is 0.861. The lowest BCUT2D eigenvalue weighted by molar-refractivity contribution is -0.131. The van der Waals surface area contributed by atoms with Crippen LogP contribution < -0.4 is 10.6 Å². The summed E-state index contributed by atoms with van der Waals surface area (Å²) in [6, 6.07) is 1.69. The largest absolute Gasteiger partial charge is 0.390 e. The van der Waals surface area contributed by atoms with E-state index in [1.807, 2.05) is 6.42 Å². The van der Waals surface area contributed by atoms with Gasteiger partial charge in [-0.25, -0.2) is 8.78 Å². The summed E-state index contributed by atoms with van der Waals surface area (Å²) in [7, 11) is 0. The normalized spacial score (nSPS) is 33.2. The van der Waals surface area contributed by atoms with E-state index in [2.05, 4.69) is 0 Å². The molecular formula is C17H19F2N2O3. The number of halogens is 2. The molecule has 1 aliphatic heterocycles.